The highest BCUT2D eigenvalue weighted by molar-refractivity contribution is 5.77. The Hall–Kier alpha value is -0.530. The summed E-state index contributed by atoms with van der Waals surface area (Å²) in [7, 11) is 0. The summed E-state index contributed by atoms with van der Waals surface area (Å²) in [5.74, 6) is 0.996. The van der Waals surface area contributed by atoms with E-state index >= 15 is 0 Å². The van der Waals surface area contributed by atoms with Crippen LogP contribution in [0.3, 0.4) is 0 Å². The van der Waals surface area contributed by atoms with Crippen LogP contribution < -0.4 is 0 Å². The van der Waals surface area contributed by atoms with Gasteiger partial charge in [0.05, 0.1) is 0 Å². The molecule has 1 atom stereocenters. The maximum absolute atomic E-state index is 11.5. The van der Waals surface area contributed by atoms with Crippen molar-refractivity contribution < 1.29 is 4.79 Å². The zero-order chi connectivity index (χ0) is 9.14. The normalized spacial score (nSPS) is 25.2. The average Bonchev–Trinajstić information content (AvgIpc) is 2.03. The van der Waals surface area contributed by atoms with Gasteiger partial charge in [-0.2, -0.15) is 0 Å². The number of piperidine rings is 1. The number of carbonyl (C=O) groups excluding carboxylic acids is 1. The smallest absolute Gasteiger partial charge is 0.223 e. The molecule has 0 spiro atoms. The highest BCUT2D eigenvalue weighted by Crippen LogP contribution is 2.22. The van der Waals surface area contributed by atoms with Gasteiger partial charge >= 0.3 is 0 Å². The SMILES string of the molecule is CCC1CCN(C(C)C)C(=O)C1. The lowest BCUT2D eigenvalue weighted by molar-refractivity contribution is -0.136. The Kier molecular flexibility index (Phi) is 3.12. The molecule has 1 fully saturated rings. The van der Waals surface area contributed by atoms with Crippen LogP contribution in [0.4, 0.5) is 0 Å². The van der Waals surface area contributed by atoms with Crippen molar-refractivity contribution in [1.29, 1.82) is 0 Å². The van der Waals surface area contributed by atoms with Crippen molar-refractivity contribution in [2.45, 2.75) is 46.1 Å². The molecule has 0 aromatic rings. The summed E-state index contributed by atoms with van der Waals surface area (Å²) in [6, 6.07) is 0.385. The van der Waals surface area contributed by atoms with E-state index in [9.17, 15) is 4.79 Å². The standard InChI is InChI=1S/C10H19NO/c1-4-9-5-6-11(8(2)3)10(12)7-9/h8-9H,4-7H2,1-3H3. The third-order valence-corrected chi connectivity index (χ3v) is 2.76. The quantitative estimate of drug-likeness (QED) is 0.619. The fourth-order valence-corrected chi connectivity index (χ4v) is 1.81. The van der Waals surface area contributed by atoms with Crippen LogP contribution in [0.15, 0.2) is 0 Å². The van der Waals surface area contributed by atoms with Crippen molar-refractivity contribution in [3.8, 4) is 0 Å². The zero-order valence-corrected chi connectivity index (χ0v) is 8.34. The monoisotopic (exact) mass is 169 g/mol. The fraction of sp³-hybridized carbons (Fsp3) is 0.900. The largest absolute Gasteiger partial charge is 0.340 e. The van der Waals surface area contributed by atoms with E-state index in [1.807, 2.05) is 4.90 Å². The lowest BCUT2D eigenvalue weighted by Crippen LogP contribution is -2.42. The van der Waals surface area contributed by atoms with Crippen LogP contribution in [0.2, 0.25) is 0 Å². The molecule has 1 saturated heterocycles. The highest BCUT2D eigenvalue weighted by atomic mass is 16.2. The highest BCUT2D eigenvalue weighted by Gasteiger charge is 2.25. The predicted molar refractivity (Wildman–Crippen MR) is 49.9 cm³/mol. The van der Waals surface area contributed by atoms with E-state index in [0.717, 1.165) is 19.4 Å². The molecule has 2 nitrogen and oxygen atoms in total. The number of amides is 1. The van der Waals surface area contributed by atoms with Gasteiger partial charge in [0, 0.05) is 19.0 Å². The molecule has 1 unspecified atom stereocenters. The Balaban J connectivity index is 2.48. The summed E-state index contributed by atoms with van der Waals surface area (Å²) >= 11 is 0. The van der Waals surface area contributed by atoms with E-state index in [1.54, 1.807) is 0 Å². The number of hydrogen-bond acceptors (Lipinski definition) is 1. The molecule has 0 aromatic carbocycles. The summed E-state index contributed by atoms with van der Waals surface area (Å²) in [4.78, 5) is 13.5. The van der Waals surface area contributed by atoms with Crippen molar-refractivity contribution in [3.63, 3.8) is 0 Å². The Morgan fingerprint density at radius 2 is 2.25 bits per heavy atom. The van der Waals surface area contributed by atoms with Crippen LogP contribution in [-0.2, 0) is 4.79 Å². The first kappa shape index (κ1) is 9.56. The van der Waals surface area contributed by atoms with Crippen molar-refractivity contribution >= 4 is 5.91 Å². The van der Waals surface area contributed by atoms with Crippen molar-refractivity contribution in [2.24, 2.45) is 5.92 Å². The molecule has 0 N–H and O–H groups in total. The molecule has 1 heterocycles. The third-order valence-electron chi connectivity index (χ3n) is 2.76. The number of likely N-dealkylation sites (tertiary alicyclic amines) is 1. The van der Waals surface area contributed by atoms with E-state index in [-0.39, 0.29) is 0 Å². The first-order chi connectivity index (χ1) is 5.65. The molecule has 0 bridgehead atoms. The molecule has 0 aromatic heterocycles. The molecule has 1 aliphatic rings. The summed E-state index contributed by atoms with van der Waals surface area (Å²) in [5, 5.41) is 0. The zero-order valence-electron chi connectivity index (χ0n) is 8.34. The first-order valence-electron chi connectivity index (χ1n) is 4.94. The van der Waals surface area contributed by atoms with Crippen molar-refractivity contribution in [3.05, 3.63) is 0 Å². The second-order valence-electron chi connectivity index (χ2n) is 3.95. The number of hydrogen-bond donors (Lipinski definition) is 0. The van der Waals surface area contributed by atoms with Gasteiger partial charge in [0.2, 0.25) is 5.91 Å². The van der Waals surface area contributed by atoms with Gasteiger partial charge in [0.25, 0.3) is 0 Å². The van der Waals surface area contributed by atoms with Crippen LogP contribution >= 0.6 is 0 Å². The molecule has 1 rings (SSSR count). The number of rotatable bonds is 2. The fourth-order valence-electron chi connectivity index (χ4n) is 1.81. The number of nitrogens with zero attached hydrogens (tertiary/aromatic N) is 1. The van der Waals surface area contributed by atoms with E-state index in [0.29, 0.717) is 17.9 Å². The lowest BCUT2D eigenvalue weighted by Gasteiger charge is -2.34. The van der Waals surface area contributed by atoms with E-state index in [2.05, 4.69) is 20.8 Å². The maximum Gasteiger partial charge on any atom is 0.223 e. The molecule has 12 heavy (non-hydrogen) atoms. The van der Waals surface area contributed by atoms with Gasteiger partial charge in [0.1, 0.15) is 0 Å². The van der Waals surface area contributed by atoms with Crippen LogP contribution in [0.25, 0.3) is 0 Å². The summed E-state index contributed by atoms with van der Waals surface area (Å²) in [5.41, 5.74) is 0. The van der Waals surface area contributed by atoms with Gasteiger partial charge in [-0.3, -0.25) is 4.79 Å². The predicted octanol–water partition coefficient (Wildman–Crippen LogP) is 2.04. The topological polar surface area (TPSA) is 20.3 Å². The minimum Gasteiger partial charge on any atom is -0.340 e. The molecule has 70 valence electrons. The lowest BCUT2D eigenvalue weighted by atomic mass is 9.93. The molecular weight excluding hydrogens is 150 g/mol. The Morgan fingerprint density at radius 1 is 1.58 bits per heavy atom. The van der Waals surface area contributed by atoms with Crippen molar-refractivity contribution in [1.82, 2.24) is 4.90 Å². The summed E-state index contributed by atoms with van der Waals surface area (Å²) in [6.45, 7) is 7.31. The van der Waals surface area contributed by atoms with Crippen LogP contribution in [0.1, 0.15) is 40.0 Å². The second-order valence-corrected chi connectivity index (χ2v) is 3.95. The van der Waals surface area contributed by atoms with Gasteiger partial charge in [-0.15, -0.1) is 0 Å². The third kappa shape index (κ3) is 1.99. The van der Waals surface area contributed by atoms with Crippen LogP contribution in [-0.4, -0.2) is 23.4 Å². The first-order valence-corrected chi connectivity index (χ1v) is 4.94. The molecule has 1 aliphatic heterocycles. The van der Waals surface area contributed by atoms with Gasteiger partial charge < -0.3 is 4.90 Å². The van der Waals surface area contributed by atoms with Gasteiger partial charge in [0.15, 0.2) is 0 Å². The molecule has 0 aliphatic carbocycles. The van der Waals surface area contributed by atoms with Crippen LogP contribution in [0, 0.1) is 5.92 Å². The van der Waals surface area contributed by atoms with Gasteiger partial charge in [-0.1, -0.05) is 13.3 Å². The van der Waals surface area contributed by atoms with E-state index in [1.165, 1.54) is 6.42 Å². The Labute approximate surface area is 74.9 Å². The maximum atomic E-state index is 11.5. The van der Waals surface area contributed by atoms with E-state index in [4.69, 9.17) is 0 Å². The van der Waals surface area contributed by atoms with Crippen molar-refractivity contribution in [2.75, 3.05) is 6.54 Å². The molecule has 0 radical (unpaired) electrons. The Morgan fingerprint density at radius 3 is 2.67 bits per heavy atom. The van der Waals surface area contributed by atoms with E-state index < -0.39 is 0 Å². The minimum atomic E-state index is 0.350. The summed E-state index contributed by atoms with van der Waals surface area (Å²) in [6.07, 6.45) is 3.12. The second kappa shape index (κ2) is 3.92. The number of carbonyl (C=O) groups is 1. The average molecular weight is 169 g/mol. The minimum absolute atomic E-state index is 0.350. The molecule has 1 amide bonds. The molecular formula is C10H19NO. The summed E-state index contributed by atoms with van der Waals surface area (Å²) < 4.78 is 0. The Bertz CT molecular complexity index is 165. The molecule has 2 heteroatoms. The van der Waals surface area contributed by atoms with Gasteiger partial charge in [-0.25, -0.2) is 0 Å². The molecule has 0 saturated carbocycles. The van der Waals surface area contributed by atoms with Gasteiger partial charge in [-0.05, 0) is 26.2 Å². The van der Waals surface area contributed by atoms with Crippen LogP contribution in [0.5, 0.6) is 0 Å².